The Balaban J connectivity index is 3.01. The van der Waals surface area contributed by atoms with Gasteiger partial charge in [-0.25, -0.2) is 17.9 Å². The minimum Gasteiger partial charge on any atom is -0.476 e. The van der Waals surface area contributed by atoms with Gasteiger partial charge in [0.2, 0.25) is 10.0 Å². The molecule has 0 spiro atoms. The summed E-state index contributed by atoms with van der Waals surface area (Å²) in [4.78, 5) is 10.6. The predicted molar refractivity (Wildman–Crippen MR) is 71.2 cm³/mol. The van der Waals surface area contributed by atoms with Gasteiger partial charge >= 0.3 is 5.97 Å². The highest BCUT2D eigenvalue weighted by Gasteiger charge is 2.30. The van der Waals surface area contributed by atoms with Gasteiger partial charge in [0, 0.05) is 13.2 Å². The average Bonchev–Trinajstić information content (AvgIpc) is 2.70. The maximum atomic E-state index is 12.2. The second-order valence-electron chi connectivity index (χ2n) is 4.85. The number of carboxylic acids is 1. The molecule has 0 unspecified atom stereocenters. The van der Waals surface area contributed by atoms with Crippen LogP contribution in [0, 0.1) is 6.92 Å². The summed E-state index contributed by atoms with van der Waals surface area (Å²) in [6, 6.07) is 0. The lowest BCUT2D eigenvalue weighted by atomic mass is 10.1. The Hall–Kier alpha value is -1.45. The number of nitrogens with one attached hydrogen (secondary N) is 2. The number of rotatable bonds is 7. The summed E-state index contributed by atoms with van der Waals surface area (Å²) in [6.45, 7) is 7.19. The van der Waals surface area contributed by atoms with Crippen LogP contribution < -0.4 is 4.72 Å². The number of aromatic carboxylic acids is 1. The van der Waals surface area contributed by atoms with Crippen molar-refractivity contribution in [1.29, 1.82) is 0 Å². The molecule has 1 aromatic rings. The van der Waals surface area contributed by atoms with Crippen molar-refractivity contribution in [2.24, 2.45) is 0 Å². The second kappa shape index (κ2) is 5.90. The second-order valence-corrected chi connectivity index (χ2v) is 6.55. The van der Waals surface area contributed by atoms with Crippen molar-refractivity contribution in [2.45, 2.75) is 38.2 Å². The molecule has 0 fully saturated rings. The third kappa shape index (κ3) is 3.78. The number of carboxylic acid groups (broad SMARTS) is 1. The highest BCUT2D eigenvalue weighted by molar-refractivity contribution is 7.89. The van der Waals surface area contributed by atoms with Gasteiger partial charge in [-0.05, 0) is 27.7 Å². The minimum atomic E-state index is -3.98. The van der Waals surface area contributed by atoms with Crippen LogP contribution in [0.2, 0.25) is 0 Å². The number of carbonyl (C=O) groups is 1. The van der Waals surface area contributed by atoms with Crippen molar-refractivity contribution in [3.8, 4) is 0 Å². The third-order valence-electron chi connectivity index (χ3n) is 2.59. The van der Waals surface area contributed by atoms with Crippen LogP contribution in [-0.2, 0) is 14.8 Å². The monoisotopic (exact) mass is 305 g/mol. The van der Waals surface area contributed by atoms with E-state index in [1.54, 1.807) is 20.8 Å². The topological polar surface area (TPSA) is 121 Å². The van der Waals surface area contributed by atoms with Crippen LogP contribution in [0.15, 0.2) is 4.90 Å². The van der Waals surface area contributed by atoms with Crippen molar-refractivity contribution >= 4 is 16.0 Å². The van der Waals surface area contributed by atoms with Crippen LogP contribution in [0.5, 0.6) is 0 Å². The molecule has 1 heterocycles. The van der Waals surface area contributed by atoms with Gasteiger partial charge in [0.1, 0.15) is 4.90 Å². The van der Waals surface area contributed by atoms with Crippen LogP contribution in [0.4, 0.5) is 0 Å². The zero-order valence-electron chi connectivity index (χ0n) is 11.8. The maximum absolute atomic E-state index is 12.2. The van der Waals surface area contributed by atoms with Gasteiger partial charge in [-0.15, -0.1) is 0 Å². The molecular weight excluding hydrogens is 286 g/mol. The van der Waals surface area contributed by atoms with E-state index in [2.05, 4.69) is 14.9 Å². The first-order chi connectivity index (χ1) is 9.10. The fourth-order valence-corrected chi connectivity index (χ4v) is 3.19. The van der Waals surface area contributed by atoms with Gasteiger partial charge < -0.3 is 9.84 Å². The lowest BCUT2D eigenvalue weighted by molar-refractivity contribution is -0.00515. The van der Waals surface area contributed by atoms with E-state index in [1.165, 1.54) is 6.92 Å². The van der Waals surface area contributed by atoms with Crippen LogP contribution in [0.1, 0.15) is 37.0 Å². The highest BCUT2D eigenvalue weighted by atomic mass is 32.2. The molecule has 114 valence electrons. The first-order valence-electron chi connectivity index (χ1n) is 6.02. The van der Waals surface area contributed by atoms with Crippen LogP contribution in [0.3, 0.4) is 0 Å². The van der Waals surface area contributed by atoms with Crippen molar-refractivity contribution in [2.75, 3.05) is 13.2 Å². The third-order valence-corrected chi connectivity index (χ3v) is 4.15. The van der Waals surface area contributed by atoms with E-state index in [0.29, 0.717) is 6.61 Å². The smallest absolute Gasteiger partial charge is 0.357 e. The van der Waals surface area contributed by atoms with E-state index in [0.717, 1.165) is 0 Å². The molecule has 0 bridgehead atoms. The molecule has 3 N–H and O–H groups in total. The van der Waals surface area contributed by atoms with Crippen LogP contribution in [-0.4, -0.2) is 48.4 Å². The maximum Gasteiger partial charge on any atom is 0.357 e. The Kier molecular flexibility index (Phi) is 4.90. The summed E-state index contributed by atoms with van der Waals surface area (Å²) in [6.07, 6.45) is 0. The lowest BCUT2D eigenvalue weighted by Crippen LogP contribution is -2.40. The Labute approximate surface area is 117 Å². The zero-order valence-corrected chi connectivity index (χ0v) is 12.7. The van der Waals surface area contributed by atoms with E-state index >= 15 is 0 Å². The summed E-state index contributed by atoms with van der Waals surface area (Å²) >= 11 is 0. The fraction of sp³-hybridized carbons (Fsp3) is 0.636. The molecule has 0 saturated heterocycles. The number of nitrogens with zero attached hydrogens (tertiary/aromatic N) is 1. The highest BCUT2D eigenvalue weighted by Crippen LogP contribution is 2.18. The predicted octanol–water partition coefficient (Wildman–Crippen LogP) is 0.510. The van der Waals surface area contributed by atoms with Crippen LogP contribution in [0.25, 0.3) is 0 Å². The molecule has 0 atom stereocenters. The number of aromatic amines is 1. The van der Waals surface area contributed by atoms with Crippen molar-refractivity contribution in [1.82, 2.24) is 14.9 Å². The zero-order chi connectivity index (χ0) is 15.6. The molecule has 0 aliphatic rings. The van der Waals surface area contributed by atoms with E-state index in [-0.39, 0.29) is 17.1 Å². The SMILES string of the molecule is CCOC(C)(C)CNS(=O)(=O)c1c(C(=O)O)n[nH]c1C. The molecule has 0 saturated carbocycles. The van der Waals surface area contributed by atoms with Crippen molar-refractivity contribution in [3.63, 3.8) is 0 Å². The summed E-state index contributed by atoms with van der Waals surface area (Å²) in [5.41, 5.74) is -1.05. The van der Waals surface area contributed by atoms with Gasteiger partial charge in [0.15, 0.2) is 5.69 Å². The molecule has 8 nitrogen and oxygen atoms in total. The summed E-state index contributed by atoms with van der Waals surface area (Å²) in [5, 5.41) is 14.8. The fourth-order valence-electron chi connectivity index (χ4n) is 1.68. The standard InChI is InChI=1S/C11H19N3O5S/c1-5-19-11(3,4)6-12-20(17,18)9-7(2)13-14-8(9)10(15)16/h12H,5-6H2,1-4H3,(H,13,14)(H,15,16). The molecule has 0 radical (unpaired) electrons. The number of hydrogen-bond donors (Lipinski definition) is 3. The van der Waals surface area contributed by atoms with Gasteiger partial charge in [-0.1, -0.05) is 0 Å². The minimum absolute atomic E-state index is 0.0207. The van der Waals surface area contributed by atoms with Crippen molar-refractivity contribution in [3.05, 3.63) is 11.4 Å². The quantitative estimate of drug-likeness (QED) is 0.675. The number of H-pyrrole nitrogens is 1. The summed E-state index contributed by atoms with van der Waals surface area (Å²) in [5.74, 6) is -1.40. The van der Waals surface area contributed by atoms with Crippen molar-refractivity contribution < 1.29 is 23.1 Å². The molecule has 1 rings (SSSR count). The Morgan fingerprint density at radius 3 is 2.60 bits per heavy atom. The Morgan fingerprint density at radius 2 is 2.10 bits per heavy atom. The molecule has 0 aromatic carbocycles. The average molecular weight is 305 g/mol. The molecular formula is C11H19N3O5S. The first-order valence-corrected chi connectivity index (χ1v) is 7.51. The van der Waals surface area contributed by atoms with Gasteiger partial charge in [0.25, 0.3) is 0 Å². The van der Waals surface area contributed by atoms with Crippen LogP contribution >= 0.6 is 0 Å². The number of aromatic nitrogens is 2. The molecule has 20 heavy (non-hydrogen) atoms. The molecule has 9 heteroatoms. The number of ether oxygens (including phenoxy) is 1. The lowest BCUT2D eigenvalue weighted by Gasteiger charge is -2.24. The number of sulfonamides is 1. The molecule has 0 aliphatic heterocycles. The number of aryl methyl sites for hydroxylation is 1. The number of hydrogen-bond acceptors (Lipinski definition) is 5. The molecule has 1 aromatic heterocycles. The summed E-state index contributed by atoms with van der Waals surface area (Å²) in [7, 11) is -3.98. The largest absolute Gasteiger partial charge is 0.476 e. The Bertz CT molecular complexity index is 591. The van der Waals surface area contributed by atoms with Gasteiger partial charge in [-0.3, -0.25) is 5.10 Å². The van der Waals surface area contributed by atoms with Gasteiger partial charge in [0.05, 0.1) is 11.3 Å². The van der Waals surface area contributed by atoms with E-state index < -0.39 is 27.3 Å². The Morgan fingerprint density at radius 1 is 1.50 bits per heavy atom. The van der Waals surface area contributed by atoms with E-state index in [4.69, 9.17) is 9.84 Å². The van der Waals surface area contributed by atoms with E-state index in [1.807, 2.05) is 0 Å². The normalized spacial score (nSPS) is 12.6. The van der Waals surface area contributed by atoms with Gasteiger partial charge in [-0.2, -0.15) is 5.10 Å². The molecule has 0 amide bonds. The van der Waals surface area contributed by atoms with E-state index in [9.17, 15) is 13.2 Å². The molecule has 0 aliphatic carbocycles. The summed E-state index contributed by atoms with van der Waals surface area (Å²) < 4.78 is 32.1. The first kappa shape index (κ1) is 16.6.